The molecule has 0 saturated carbocycles. The summed E-state index contributed by atoms with van der Waals surface area (Å²) in [5, 5.41) is 9.87. The van der Waals surface area contributed by atoms with Crippen LogP contribution in [0.2, 0.25) is 0 Å². The number of carbonyl (C=O) groups is 3. The Balaban J connectivity index is 1.81. The molecule has 1 atom stereocenters. The monoisotopic (exact) mass is 461 g/mol. The van der Waals surface area contributed by atoms with Crippen molar-refractivity contribution in [2.45, 2.75) is 17.9 Å². The molecule has 0 spiro atoms. The number of anilines is 1. The molecule has 0 aliphatic carbocycles. The minimum atomic E-state index is -3.92. The Morgan fingerprint density at radius 1 is 1.12 bits per heavy atom. The minimum absolute atomic E-state index is 0.169. The second kappa shape index (κ2) is 11.1. The molecule has 0 aliphatic heterocycles. The topological polar surface area (TPSA) is 154 Å². The number of hydrogen-bond acceptors (Lipinski definition) is 7. The summed E-state index contributed by atoms with van der Waals surface area (Å²) >= 11 is 0. The normalized spacial score (nSPS) is 12.1. The van der Waals surface area contributed by atoms with Crippen molar-refractivity contribution >= 4 is 39.6 Å². The average Bonchev–Trinajstić information content (AvgIpc) is 2.76. The van der Waals surface area contributed by atoms with E-state index in [1.807, 2.05) is 0 Å². The third-order valence-corrected chi connectivity index (χ3v) is 4.96. The number of amides is 2. The van der Waals surface area contributed by atoms with Crippen molar-refractivity contribution in [2.24, 2.45) is 5.14 Å². The van der Waals surface area contributed by atoms with Gasteiger partial charge in [-0.05, 0) is 48.9 Å². The minimum Gasteiger partial charge on any atom is -0.497 e. The lowest BCUT2D eigenvalue weighted by Crippen LogP contribution is -2.39. The molecule has 11 heteroatoms. The summed E-state index contributed by atoms with van der Waals surface area (Å²) in [5.41, 5.74) is 0.932. The van der Waals surface area contributed by atoms with Crippen molar-refractivity contribution in [2.75, 3.05) is 19.0 Å². The zero-order valence-electron chi connectivity index (χ0n) is 17.4. The first-order chi connectivity index (χ1) is 15.1. The van der Waals surface area contributed by atoms with Crippen LogP contribution in [0.25, 0.3) is 6.08 Å². The fourth-order valence-corrected chi connectivity index (χ4v) is 2.98. The van der Waals surface area contributed by atoms with Gasteiger partial charge in [0.2, 0.25) is 15.9 Å². The number of benzene rings is 2. The lowest BCUT2D eigenvalue weighted by molar-refractivity contribution is -0.149. The number of ether oxygens (including phenoxy) is 2. The maximum atomic E-state index is 12.0. The second-order valence-corrected chi connectivity index (χ2v) is 8.13. The number of nitrogens with one attached hydrogen (secondary N) is 2. The summed E-state index contributed by atoms with van der Waals surface area (Å²) < 4.78 is 32.6. The summed E-state index contributed by atoms with van der Waals surface area (Å²) in [6.45, 7) is 0.787. The van der Waals surface area contributed by atoms with Crippen LogP contribution in [0.1, 0.15) is 12.5 Å². The molecule has 0 fully saturated rings. The molecule has 2 aromatic rings. The molecule has 2 aromatic carbocycles. The van der Waals surface area contributed by atoms with Gasteiger partial charge >= 0.3 is 5.97 Å². The van der Waals surface area contributed by atoms with Crippen LogP contribution in [0, 0.1) is 0 Å². The van der Waals surface area contributed by atoms with Gasteiger partial charge in [-0.25, -0.2) is 18.4 Å². The van der Waals surface area contributed by atoms with Crippen molar-refractivity contribution < 1.29 is 32.3 Å². The van der Waals surface area contributed by atoms with Gasteiger partial charge in [0.25, 0.3) is 5.91 Å². The number of hydrogen-bond donors (Lipinski definition) is 3. The number of primary sulfonamides is 1. The van der Waals surface area contributed by atoms with Crippen LogP contribution >= 0.6 is 0 Å². The number of nitrogens with two attached hydrogens (primary N) is 1. The molecule has 0 bridgehead atoms. The van der Waals surface area contributed by atoms with E-state index >= 15 is 0 Å². The van der Waals surface area contributed by atoms with E-state index in [1.165, 1.54) is 37.3 Å². The lowest BCUT2D eigenvalue weighted by atomic mass is 10.2. The van der Waals surface area contributed by atoms with E-state index < -0.39 is 40.5 Å². The quantitative estimate of drug-likeness (QED) is 0.372. The molecule has 4 N–H and O–H groups in total. The first-order valence-corrected chi connectivity index (χ1v) is 10.8. The first kappa shape index (κ1) is 24.6. The molecular formula is C21H23N3O7S. The second-order valence-electron chi connectivity index (χ2n) is 6.57. The van der Waals surface area contributed by atoms with E-state index in [0.29, 0.717) is 5.75 Å². The Morgan fingerprint density at radius 2 is 1.81 bits per heavy atom. The predicted octanol–water partition coefficient (Wildman–Crippen LogP) is 1.04. The standard InChI is InChI=1S/C21H23N3O7S/c1-14(23-19(25)11-8-15-6-9-17(30-2)10-7-15)21(27)31-13-20(26)24-16-4-3-5-18(12-16)32(22,28)29/h3-12,14H,13H2,1-2H3,(H,23,25)(H,24,26)(H2,22,28,29)/b11-8+/t14-/m0/s1. The fourth-order valence-electron chi connectivity index (χ4n) is 2.42. The van der Waals surface area contributed by atoms with Gasteiger partial charge in [-0.2, -0.15) is 0 Å². The van der Waals surface area contributed by atoms with Crippen LogP contribution in [0.5, 0.6) is 5.75 Å². The molecular weight excluding hydrogens is 438 g/mol. The van der Waals surface area contributed by atoms with E-state index in [9.17, 15) is 22.8 Å². The van der Waals surface area contributed by atoms with Gasteiger partial charge in [0, 0.05) is 11.8 Å². The van der Waals surface area contributed by atoms with E-state index in [4.69, 9.17) is 14.6 Å². The van der Waals surface area contributed by atoms with E-state index in [1.54, 1.807) is 37.5 Å². The smallest absolute Gasteiger partial charge is 0.328 e. The highest BCUT2D eigenvalue weighted by atomic mass is 32.2. The number of methoxy groups -OCH3 is 1. The average molecular weight is 461 g/mol. The zero-order chi connectivity index (χ0) is 23.7. The van der Waals surface area contributed by atoms with Crippen molar-refractivity contribution in [3.8, 4) is 5.75 Å². The maximum Gasteiger partial charge on any atom is 0.328 e. The maximum absolute atomic E-state index is 12.0. The number of sulfonamides is 1. The molecule has 0 heterocycles. The fraction of sp³-hybridized carbons (Fsp3) is 0.190. The molecule has 2 amide bonds. The Hall–Kier alpha value is -3.70. The largest absolute Gasteiger partial charge is 0.497 e. The van der Waals surface area contributed by atoms with Gasteiger partial charge in [-0.15, -0.1) is 0 Å². The van der Waals surface area contributed by atoms with Crippen molar-refractivity contribution in [1.29, 1.82) is 0 Å². The Morgan fingerprint density at radius 3 is 2.44 bits per heavy atom. The van der Waals surface area contributed by atoms with Crippen LogP contribution in [-0.4, -0.2) is 46.0 Å². The number of carbonyl (C=O) groups excluding carboxylic acids is 3. The van der Waals surface area contributed by atoms with Gasteiger partial charge < -0.3 is 20.1 Å². The molecule has 0 aromatic heterocycles. The predicted molar refractivity (Wildman–Crippen MR) is 117 cm³/mol. The van der Waals surface area contributed by atoms with E-state index in [0.717, 1.165) is 5.56 Å². The van der Waals surface area contributed by atoms with Crippen molar-refractivity contribution in [3.05, 3.63) is 60.2 Å². The van der Waals surface area contributed by atoms with Crippen LogP contribution in [-0.2, 0) is 29.1 Å². The van der Waals surface area contributed by atoms with E-state index in [2.05, 4.69) is 10.6 Å². The Bertz CT molecular complexity index is 1110. The van der Waals surface area contributed by atoms with Gasteiger partial charge in [0.1, 0.15) is 11.8 Å². The molecule has 2 rings (SSSR count). The number of rotatable bonds is 9. The highest BCUT2D eigenvalue weighted by molar-refractivity contribution is 7.89. The first-order valence-electron chi connectivity index (χ1n) is 9.30. The molecule has 0 aliphatic rings. The molecule has 10 nitrogen and oxygen atoms in total. The number of esters is 1. The Labute approximate surface area is 185 Å². The summed E-state index contributed by atoms with van der Waals surface area (Å²) in [6.07, 6.45) is 2.83. The molecule has 32 heavy (non-hydrogen) atoms. The van der Waals surface area contributed by atoms with Crippen molar-refractivity contribution in [3.63, 3.8) is 0 Å². The van der Waals surface area contributed by atoms with Gasteiger partial charge in [0.05, 0.1) is 12.0 Å². The molecule has 0 saturated heterocycles. The summed E-state index contributed by atoms with van der Waals surface area (Å²) in [6, 6.07) is 11.3. The highest BCUT2D eigenvalue weighted by Gasteiger charge is 2.17. The summed E-state index contributed by atoms with van der Waals surface area (Å²) in [7, 11) is -2.37. The van der Waals surface area contributed by atoms with Gasteiger partial charge in [-0.3, -0.25) is 9.59 Å². The SMILES string of the molecule is COc1ccc(/C=C/C(=O)N[C@@H](C)C(=O)OCC(=O)Nc2cccc(S(N)(=O)=O)c2)cc1. The molecule has 170 valence electrons. The van der Waals surface area contributed by atoms with Crippen LogP contribution in [0.3, 0.4) is 0 Å². The molecule has 0 unspecified atom stereocenters. The van der Waals surface area contributed by atoms with Gasteiger partial charge in [0.15, 0.2) is 6.61 Å². The van der Waals surface area contributed by atoms with Crippen LogP contribution < -0.4 is 20.5 Å². The highest BCUT2D eigenvalue weighted by Crippen LogP contribution is 2.14. The third-order valence-electron chi connectivity index (χ3n) is 4.05. The van der Waals surface area contributed by atoms with E-state index in [-0.39, 0.29) is 10.6 Å². The zero-order valence-corrected chi connectivity index (χ0v) is 18.2. The Kier molecular flexibility index (Phi) is 8.50. The molecule has 0 radical (unpaired) electrons. The van der Waals surface area contributed by atoms with Crippen LogP contribution in [0.15, 0.2) is 59.5 Å². The third kappa shape index (κ3) is 7.85. The van der Waals surface area contributed by atoms with Crippen molar-refractivity contribution in [1.82, 2.24) is 5.32 Å². The summed E-state index contributed by atoms with van der Waals surface area (Å²) in [4.78, 5) is 35.8. The van der Waals surface area contributed by atoms with Gasteiger partial charge in [-0.1, -0.05) is 18.2 Å². The van der Waals surface area contributed by atoms with Crippen LogP contribution in [0.4, 0.5) is 5.69 Å². The summed E-state index contributed by atoms with van der Waals surface area (Å²) in [5.74, 6) is -1.34. The lowest BCUT2D eigenvalue weighted by Gasteiger charge is -2.12.